The van der Waals surface area contributed by atoms with E-state index in [1.807, 2.05) is 11.6 Å². The van der Waals surface area contributed by atoms with E-state index >= 15 is 0 Å². The summed E-state index contributed by atoms with van der Waals surface area (Å²) in [6.45, 7) is 6.95. The number of hydrogen-bond donors (Lipinski definition) is 1. The van der Waals surface area contributed by atoms with Crippen LogP contribution in [-0.4, -0.2) is 28.6 Å². The zero-order chi connectivity index (χ0) is 12.8. The first kappa shape index (κ1) is 14.1. The first-order chi connectivity index (χ1) is 8.19. The van der Waals surface area contributed by atoms with Gasteiger partial charge in [0.25, 0.3) is 0 Å². The van der Waals surface area contributed by atoms with Crippen molar-refractivity contribution < 1.29 is 4.74 Å². The molecule has 0 aromatic carbocycles. The molecule has 1 aromatic heterocycles. The van der Waals surface area contributed by atoms with Crippen LogP contribution in [0.2, 0.25) is 0 Å². The predicted molar refractivity (Wildman–Crippen MR) is 67.8 cm³/mol. The zero-order valence-electron chi connectivity index (χ0n) is 11.3. The number of rotatable bonds is 7. The highest BCUT2D eigenvalue weighted by atomic mass is 16.5. The normalized spacial score (nSPS) is 13.3. The van der Waals surface area contributed by atoms with E-state index in [1.54, 1.807) is 7.11 Å². The van der Waals surface area contributed by atoms with E-state index < -0.39 is 0 Å². The largest absolute Gasteiger partial charge is 0.375 e. The van der Waals surface area contributed by atoms with E-state index in [9.17, 15) is 0 Å². The Morgan fingerprint density at radius 1 is 1.35 bits per heavy atom. The molecule has 0 saturated carbocycles. The maximum atomic E-state index is 5.60. The van der Waals surface area contributed by atoms with Gasteiger partial charge in [0, 0.05) is 13.5 Å². The lowest BCUT2D eigenvalue weighted by Crippen LogP contribution is -2.16. The Labute approximate surface area is 103 Å². The number of hydrogen-bond acceptors (Lipinski definition) is 4. The Bertz CT molecular complexity index is 333. The third-order valence-corrected chi connectivity index (χ3v) is 3.21. The third-order valence-electron chi connectivity index (χ3n) is 3.21. The van der Waals surface area contributed by atoms with Crippen LogP contribution in [0.1, 0.15) is 57.1 Å². The summed E-state index contributed by atoms with van der Waals surface area (Å²) in [5.41, 5.74) is 7.65. The van der Waals surface area contributed by atoms with Crippen LogP contribution >= 0.6 is 0 Å². The lowest BCUT2D eigenvalue weighted by molar-refractivity contribution is 0.108. The summed E-state index contributed by atoms with van der Waals surface area (Å²) in [7, 11) is 1.71. The SMILES string of the molecule is CCC(CC)n1nnc(CCN)c1C(C)OC. The van der Waals surface area contributed by atoms with Crippen LogP contribution in [0.4, 0.5) is 0 Å². The third kappa shape index (κ3) is 3.04. The van der Waals surface area contributed by atoms with Crippen molar-refractivity contribution in [3.05, 3.63) is 11.4 Å². The molecule has 0 radical (unpaired) electrons. The molecule has 1 rings (SSSR count). The molecule has 98 valence electrons. The molecule has 1 atom stereocenters. The van der Waals surface area contributed by atoms with Gasteiger partial charge in [0.1, 0.15) is 0 Å². The maximum absolute atomic E-state index is 5.60. The lowest BCUT2D eigenvalue weighted by Gasteiger charge is -2.19. The molecule has 5 nitrogen and oxygen atoms in total. The van der Waals surface area contributed by atoms with Gasteiger partial charge in [0.2, 0.25) is 0 Å². The van der Waals surface area contributed by atoms with Crippen LogP contribution in [0, 0.1) is 0 Å². The number of nitrogens with two attached hydrogens (primary N) is 1. The standard InChI is InChI=1S/C12H24N4O/c1-5-10(6-2)16-12(9(3)17-4)11(7-8-13)14-15-16/h9-10H,5-8,13H2,1-4H3. The Balaban J connectivity index is 3.11. The first-order valence-corrected chi connectivity index (χ1v) is 6.36. The summed E-state index contributed by atoms with van der Waals surface area (Å²) < 4.78 is 7.43. The van der Waals surface area contributed by atoms with Crippen molar-refractivity contribution in [2.24, 2.45) is 5.73 Å². The summed E-state index contributed by atoms with van der Waals surface area (Å²) in [5.74, 6) is 0. The van der Waals surface area contributed by atoms with Crippen molar-refractivity contribution in [3.8, 4) is 0 Å². The molecule has 1 heterocycles. The van der Waals surface area contributed by atoms with E-state index in [0.717, 1.165) is 30.7 Å². The first-order valence-electron chi connectivity index (χ1n) is 6.36. The molecule has 1 aromatic rings. The summed E-state index contributed by atoms with van der Waals surface area (Å²) in [6.07, 6.45) is 2.85. The van der Waals surface area contributed by atoms with E-state index in [1.165, 1.54) is 0 Å². The van der Waals surface area contributed by atoms with E-state index in [0.29, 0.717) is 12.6 Å². The maximum Gasteiger partial charge on any atom is 0.0979 e. The van der Waals surface area contributed by atoms with Crippen LogP contribution in [-0.2, 0) is 11.2 Å². The van der Waals surface area contributed by atoms with Gasteiger partial charge >= 0.3 is 0 Å². The van der Waals surface area contributed by atoms with E-state index in [2.05, 4.69) is 24.2 Å². The van der Waals surface area contributed by atoms with Crippen LogP contribution in [0.25, 0.3) is 0 Å². The molecule has 0 amide bonds. The molecule has 0 aliphatic carbocycles. The quantitative estimate of drug-likeness (QED) is 0.790. The Hall–Kier alpha value is -0.940. The van der Waals surface area contributed by atoms with Gasteiger partial charge in [-0.2, -0.15) is 0 Å². The minimum atomic E-state index is 0.00662. The summed E-state index contributed by atoms with van der Waals surface area (Å²) in [4.78, 5) is 0. The fraction of sp³-hybridized carbons (Fsp3) is 0.833. The Kier molecular flexibility index (Phi) is 5.58. The second kappa shape index (κ2) is 6.71. The van der Waals surface area contributed by atoms with Crippen LogP contribution < -0.4 is 5.73 Å². The molecule has 0 spiro atoms. The molecule has 0 bridgehead atoms. The second-order valence-electron chi connectivity index (χ2n) is 4.25. The van der Waals surface area contributed by atoms with Gasteiger partial charge in [0.05, 0.1) is 23.5 Å². The average Bonchev–Trinajstić information content (AvgIpc) is 2.74. The van der Waals surface area contributed by atoms with Crippen molar-refractivity contribution >= 4 is 0 Å². The number of methoxy groups -OCH3 is 1. The molecular weight excluding hydrogens is 216 g/mol. The molecule has 1 unspecified atom stereocenters. The predicted octanol–water partition coefficient (Wildman–Crippen LogP) is 1.85. The molecule has 17 heavy (non-hydrogen) atoms. The van der Waals surface area contributed by atoms with Crippen LogP contribution in [0.15, 0.2) is 0 Å². The molecule has 5 heteroatoms. The topological polar surface area (TPSA) is 66.0 Å². The monoisotopic (exact) mass is 240 g/mol. The van der Waals surface area contributed by atoms with Gasteiger partial charge in [-0.25, -0.2) is 4.68 Å². The molecule has 0 aliphatic rings. The molecule has 0 aliphatic heterocycles. The van der Waals surface area contributed by atoms with Gasteiger partial charge in [-0.05, 0) is 26.3 Å². The minimum Gasteiger partial charge on any atom is -0.375 e. The van der Waals surface area contributed by atoms with Gasteiger partial charge in [-0.15, -0.1) is 5.10 Å². The van der Waals surface area contributed by atoms with Crippen LogP contribution in [0.3, 0.4) is 0 Å². The summed E-state index contributed by atoms with van der Waals surface area (Å²) in [5, 5.41) is 8.52. The van der Waals surface area contributed by atoms with Crippen molar-refractivity contribution in [2.45, 2.75) is 52.2 Å². The molecule has 0 saturated heterocycles. The lowest BCUT2D eigenvalue weighted by atomic mass is 10.1. The smallest absolute Gasteiger partial charge is 0.0979 e. The van der Waals surface area contributed by atoms with E-state index in [4.69, 9.17) is 10.5 Å². The highest BCUT2D eigenvalue weighted by molar-refractivity contribution is 5.14. The second-order valence-corrected chi connectivity index (χ2v) is 4.25. The highest BCUT2D eigenvalue weighted by Crippen LogP contribution is 2.25. The Morgan fingerprint density at radius 2 is 2.00 bits per heavy atom. The van der Waals surface area contributed by atoms with Gasteiger partial charge in [-0.1, -0.05) is 19.1 Å². The van der Waals surface area contributed by atoms with Crippen molar-refractivity contribution in [1.29, 1.82) is 0 Å². The summed E-state index contributed by atoms with van der Waals surface area (Å²) in [6, 6.07) is 0.390. The highest BCUT2D eigenvalue weighted by Gasteiger charge is 2.21. The van der Waals surface area contributed by atoms with Crippen LogP contribution in [0.5, 0.6) is 0 Å². The van der Waals surface area contributed by atoms with E-state index in [-0.39, 0.29) is 6.10 Å². The van der Waals surface area contributed by atoms with Crippen molar-refractivity contribution in [3.63, 3.8) is 0 Å². The van der Waals surface area contributed by atoms with Gasteiger partial charge in [0.15, 0.2) is 0 Å². The summed E-state index contributed by atoms with van der Waals surface area (Å²) >= 11 is 0. The fourth-order valence-electron chi connectivity index (χ4n) is 2.09. The molecule has 2 N–H and O–H groups in total. The number of aromatic nitrogens is 3. The van der Waals surface area contributed by atoms with Crippen molar-refractivity contribution in [1.82, 2.24) is 15.0 Å². The Morgan fingerprint density at radius 3 is 2.47 bits per heavy atom. The van der Waals surface area contributed by atoms with Gasteiger partial charge < -0.3 is 10.5 Å². The zero-order valence-corrected chi connectivity index (χ0v) is 11.3. The number of ether oxygens (including phenoxy) is 1. The van der Waals surface area contributed by atoms with Crippen molar-refractivity contribution in [2.75, 3.05) is 13.7 Å². The average molecular weight is 240 g/mol. The number of nitrogens with zero attached hydrogens (tertiary/aromatic N) is 3. The van der Waals surface area contributed by atoms with Gasteiger partial charge in [-0.3, -0.25) is 0 Å². The molecule has 0 fully saturated rings. The minimum absolute atomic E-state index is 0.00662. The molecular formula is C12H24N4O. The fourth-order valence-corrected chi connectivity index (χ4v) is 2.09.